The molecule has 4 aromatic rings. The van der Waals surface area contributed by atoms with Gasteiger partial charge in [0.1, 0.15) is 0 Å². The molecule has 2 aromatic carbocycles. The zero-order valence-electron chi connectivity index (χ0n) is 16.4. The first-order valence-electron chi connectivity index (χ1n) is 10.0. The molecule has 144 valence electrons. The van der Waals surface area contributed by atoms with Gasteiger partial charge in [0.25, 0.3) is 0 Å². The minimum absolute atomic E-state index is 0.740. The number of anilines is 2. The summed E-state index contributed by atoms with van der Waals surface area (Å²) in [6, 6.07) is 19.0. The zero-order valence-corrected chi connectivity index (χ0v) is 17.2. The number of benzene rings is 2. The molecule has 4 nitrogen and oxygen atoms in total. The molecule has 2 aromatic heterocycles. The van der Waals surface area contributed by atoms with Crippen LogP contribution in [0.5, 0.6) is 0 Å². The predicted molar refractivity (Wildman–Crippen MR) is 120 cm³/mol. The summed E-state index contributed by atoms with van der Waals surface area (Å²) in [5.74, 6) is 0.740. The van der Waals surface area contributed by atoms with Gasteiger partial charge in [-0.05, 0) is 74.1 Å². The van der Waals surface area contributed by atoms with Crippen LogP contribution in [0.15, 0.2) is 60.0 Å². The Morgan fingerprint density at radius 3 is 2.31 bits per heavy atom. The summed E-state index contributed by atoms with van der Waals surface area (Å²) in [5, 5.41) is 15.3. The predicted octanol–water partition coefficient (Wildman–Crippen LogP) is 6.20. The number of fused-ring (bicyclic) bond motifs is 1. The van der Waals surface area contributed by atoms with E-state index in [1.807, 2.05) is 31.2 Å². The highest BCUT2D eigenvalue weighted by molar-refractivity contribution is 7.09. The summed E-state index contributed by atoms with van der Waals surface area (Å²) in [5.41, 5.74) is 8.14. The molecule has 0 bridgehead atoms. The third-order valence-corrected chi connectivity index (χ3v) is 6.15. The lowest BCUT2D eigenvalue weighted by Gasteiger charge is -2.16. The molecule has 0 radical (unpaired) electrons. The molecule has 0 saturated carbocycles. The minimum atomic E-state index is 0.740. The highest BCUT2D eigenvalue weighted by Crippen LogP contribution is 2.27. The third-order valence-electron chi connectivity index (χ3n) is 5.38. The van der Waals surface area contributed by atoms with Crippen LogP contribution in [0, 0.1) is 6.92 Å². The quantitative estimate of drug-likeness (QED) is 0.445. The first-order chi connectivity index (χ1) is 14.2. The van der Waals surface area contributed by atoms with Crippen molar-refractivity contribution in [2.75, 3.05) is 5.32 Å². The molecular formula is C24H22N4S. The van der Waals surface area contributed by atoms with Crippen molar-refractivity contribution in [3.8, 4) is 22.5 Å². The molecule has 1 N–H and O–H groups in total. The molecule has 0 unspecified atom stereocenters. The number of nitrogens with one attached hydrogen (secondary N) is 1. The second kappa shape index (κ2) is 7.76. The molecule has 0 aliphatic heterocycles. The summed E-state index contributed by atoms with van der Waals surface area (Å²) in [6.45, 7) is 2.02. The van der Waals surface area contributed by atoms with Crippen LogP contribution in [0.2, 0.25) is 0 Å². The molecule has 2 heterocycles. The lowest BCUT2D eigenvalue weighted by Crippen LogP contribution is -2.02. The highest BCUT2D eigenvalue weighted by Gasteiger charge is 2.11. The Labute approximate surface area is 174 Å². The van der Waals surface area contributed by atoms with Gasteiger partial charge in [0.15, 0.2) is 5.82 Å². The standard InChI is InChI=1S/C24H22N4S/c1-16-25-23(15-29-16)18-8-10-21(11-9-18)26-24-13-12-22(27-28-24)20-7-6-17-4-2-3-5-19(17)14-20/h6-15H,2-5H2,1H3,(H,26,28). The van der Waals surface area contributed by atoms with Crippen LogP contribution >= 0.6 is 11.3 Å². The maximum Gasteiger partial charge on any atom is 0.153 e. The van der Waals surface area contributed by atoms with Gasteiger partial charge in [0.05, 0.1) is 16.4 Å². The molecule has 0 saturated heterocycles. The second-order valence-electron chi connectivity index (χ2n) is 7.45. The Hall–Kier alpha value is -3.05. The summed E-state index contributed by atoms with van der Waals surface area (Å²) < 4.78 is 0. The van der Waals surface area contributed by atoms with E-state index in [4.69, 9.17) is 0 Å². The van der Waals surface area contributed by atoms with Gasteiger partial charge in [-0.1, -0.05) is 24.3 Å². The van der Waals surface area contributed by atoms with E-state index in [1.54, 1.807) is 11.3 Å². The Kier molecular flexibility index (Phi) is 4.82. The average Bonchev–Trinajstić information content (AvgIpc) is 3.21. The van der Waals surface area contributed by atoms with E-state index in [0.29, 0.717) is 0 Å². The van der Waals surface area contributed by atoms with Crippen LogP contribution in [0.1, 0.15) is 29.0 Å². The Balaban J connectivity index is 1.30. The SMILES string of the molecule is Cc1nc(-c2ccc(Nc3ccc(-c4ccc5c(c4)CCCC5)nn3)cc2)cs1. The lowest BCUT2D eigenvalue weighted by molar-refractivity contribution is 0.686. The molecule has 0 spiro atoms. The minimum Gasteiger partial charge on any atom is -0.339 e. The van der Waals surface area contributed by atoms with Gasteiger partial charge >= 0.3 is 0 Å². The third kappa shape index (κ3) is 3.91. The van der Waals surface area contributed by atoms with Crippen molar-refractivity contribution in [1.82, 2.24) is 15.2 Å². The van der Waals surface area contributed by atoms with Crippen LogP contribution < -0.4 is 5.32 Å². The van der Waals surface area contributed by atoms with Crippen LogP contribution in [0.25, 0.3) is 22.5 Å². The highest BCUT2D eigenvalue weighted by atomic mass is 32.1. The first kappa shape index (κ1) is 18.0. The van der Waals surface area contributed by atoms with Crippen molar-refractivity contribution in [2.24, 2.45) is 0 Å². The molecule has 1 aliphatic carbocycles. The van der Waals surface area contributed by atoms with Gasteiger partial charge < -0.3 is 5.32 Å². The van der Waals surface area contributed by atoms with E-state index in [-0.39, 0.29) is 0 Å². The van der Waals surface area contributed by atoms with E-state index < -0.39 is 0 Å². The number of hydrogen-bond donors (Lipinski definition) is 1. The van der Waals surface area contributed by atoms with Crippen molar-refractivity contribution in [3.05, 3.63) is 76.1 Å². The van der Waals surface area contributed by atoms with Crippen molar-refractivity contribution < 1.29 is 0 Å². The molecule has 0 fully saturated rings. The molecule has 5 rings (SSSR count). The molecule has 29 heavy (non-hydrogen) atoms. The number of aryl methyl sites for hydroxylation is 3. The largest absolute Gasteiger partial charge is 0.339 e. The molecule has 0 amide bonds. The molecule has 1 aliphatic rings. The summed E-state index contributed by atoms with van der Waals surface area (Å²) in [7, 11) is 0. The topological polar surface area (TPSA) is 50.7 Å². The molecular weight excluding hydrogens is 376 g/mol. The monoisotopic (exact) mass is 398 g/mol. The number of rotatable bonds is 4. The summed E-state index contributed by atoms with van der Waals surface area (Å²) in [4.78, 5) is 4.54. The van der Waals surface area contributed by atoms with Crippen molar-refractivity contribution in [3.63, 3.8) is 0 Å². The normalized spacial score (nSPS) is 13.1. The van der Waals surface area contributed by atoms with Gasteiger partial charge in [0.2, 0.25) is 0 Å². The fourth-order valence-electron chi connectivity index (χ4n) is 3.81. The van der Waals surface area contributed by atoms with E-state index in [9.17, 15) is 0 Å². The van der Waals surface area contributed by atoms with E-state index in [2.05, 4.69) is 56.2 Å². The van der Waals surface area contributed by atoms with Crippen LogP contribution in [-0.4, -0.2) is 15.2 Å². The maximum atomic E-state index is 4.54. The van der Waals surface area contributed by atoms with Crippen LogP contribution in [-0.2, 0) is 12.8 Å². The van der Waals surface area contributed by atoms with Gasteiger partial charge in [-0.3, -0.25) is 0 Å². The van der Waals surface area contributed by atoms with Gasteiger partial charge in [0, 0.05) is 22.2 Å². The Morgan fingerprint density at radius 1 is 0.793 bits per heavy atom. The Bertz CT molecular complexity index is 1130. The van der Waals surface area contributed by atoms with E-state index in [1.165, 1.54) is 36.8 Å². The van der Waals surface area contributed by atoms with Crippen molar-refractivity contribution in [1.29, 1.82) is 0 Å². The zero-order chi connectivity index (χ0) is 19.6. The number of hydrogen-bond acceptors (Lipinski definition) is 5. The van der Waals surface area contributed by atoms with Gasteiger partial charge in [-0.15, -0.1) is 21.5 Å². The smallest absolute Gasteiger partial charge is 0.153 e. The number of thiazole rings is 1. The lowest BCUT2D eigenvalue weighted by atomic mass is 9.90. The van der Waals surface area contributed by atoms with Crippen LogP contribution in [0.3, 0.4) is 0 Å². The summed E-state index contributed by atoms with van der Waals surface area (Å²) >= 11 is 1.67. The van der Waals surface area contributed by atoms with Gasteiger partial charge in [-0.25, -0.2) is 4.98 Å². The van der Waals surface area contributed by atoms with E-state index >= 15 is 0 Å². The first-order valence-corrected chi connectivity index (χ1v) is 10.9. The van der Waals surface area contributed by atoms with Gasteiger partial charge in [-0.2, -0.15) is 0 Å². The fraction of sp³-hybridized carbons (Fsp3) is 0.208. The average molecular weight is 399 g/mol. The summed E-state index contributed by atoms with van der Waals surface area (Å²) in [6.07, 6.45) is 4.96. The Morgan fingerprint density at radius 2 is 1.59 bits per heavy atom. The van der Waals surface area contributed by atoms with Crippen molar-refractivity contribution >= 4 is 22.8 Å². The second-order valence-corrected chi connectivity index (χ2v) is 8.51. The maximum absolute atomic E-state index is 4.54. The van der Waals surface area contributed by atoms with Crippen LogP contribution in [0.4, 0.5) is 11.5 Å². The van der Waals surface area contributed by atoms with E-state index in [0.717, 1.165) is 39.0 Å². The number of aromatic nitrogens is 3. The van der Waals surface area contributed by atoms with Crippen molar-refractivity contribution in [2.45, 2.75) is 32.6 Å². The number of nitrogens with zero attached hydrogens (tertiary/aromatic N) is 3. The fourth-order valence-corrected chi connectivity index (χ4v) is 4.44. The molecule has 0 atom stereocenters. The molecule has 5 heteroatoms.